The molecule has 1 aromatic heterocycles. The van der Waals surface area contributed by atoms with Crippen molar-refractivity contribution in [3.8, 4) is 17.5 Å². The van der Waals surface area contributed by atoms with E-state index in [1.165, 1.54) is 6.33 Å². The Balaban J connectivity index is 1.29. The number of likely N-dealkylation sites (tertiary alicyclic amines) is 1. The lowest BCUT2D eigenvalue weighted by Crippen LogP contribution is -2.42. The van der Waals surface area contributed by atoms with Gasteiger partial charge in [0, 0.05) is 25.9 Å². The van der Waals surface area contributed by atoms with Crippen LogP contribution in [-0.4, -0.2) is 57.9 Å². The maximum Gasteiger partial charge on any atom is 0.409 e. The summed E-state index contributed by atoms with van der Waals surface area (Å²) in [6.07, 6.45) is 4.01. The third kappa shape index (κ3) is 6.95. The first-order valence-corrected chi connectivity index (χ1v) is 12.1. The third-order valence-electron chi connectivity index (χ3n) is 5.19. The zero-order valence-corrected chi connectivity index (χ0v) is 20.2. The zero-order chi connectivity index (χ0) is 24.8. The molecule has 4 rings (SSSR count). The largest absolute Gasteiger partial charge is 0.474 e. The normalized spacial score (nSPS) is 17.6. The summed E-state index contributed by atoms with van der Waals surface area (Å²) in [5.74, 6) is 1.17. The minimum Gasteiger partial charge on any atom is -0.474 e. The molecule has 184 valence electrons. The number of hydrogen-bond donors (Lipinski definition) is 1. The SMILES string of the molecule is CC(C)COC(=O)N1CCC(Oc2cc(Oc3ccc(C=C4SC(=O)NC4=O)cc3)ncn2)CC1. The molecule has 2 aliphatic heterocycles. The second kappa shape index (κ2) is 11.2. The molecule has 1 N–H and O–H groups in total. The van der Waals surface area contributed by atoms with Gasteiger partial charge in [0.15, 0.2) is 0 Å². The number of amides is 3. The summed E-state index contributed by atoms with van der Waals surface area (Å²) in [6.45, 7) is 5.54. The molecule has 3 heterocycles. The smallest absolute Gasteiger partial charge is 0.409 e. The van der Waals surface area contributed by atoms with Gasteiger partial charge in [0.2, 0.25) is 11.8 Å². The van der Waals surface area contributed by atoms with Crippen LogP contribution in [0.2, 0.25) is 0 Å². The van der Waals surface area contributed by atoms with Gasteiger partial charge in [0.1, 0.15) is 18.2 Å². The van der Waals surface area contributed by atoms with E-state index in [2.05, 4.69) is 15.3 Å². The van der Waals surface area contributed by atoms with Crippen molar-refractivity contribution in [3.63, 3.8) is 0 Å². The molecule has 0 aliphatic carbocycles. The minimum absolute atomic E-state index is 0.0724. The molecule has 11 heteroatoms. The van der Waals surface area contributed by atoms with Crippen LogP contribution in [0.3, 0.4) is 0 Å². The summed E-state index contributed by atoms with van der Waals surface area (Å²) in [7, 11) is 0. The lowest BCUT2D eigenvalue weighted by molar-refractivity contribution is -0.115. The van der Waals surface area contributed by atoms with Crippen LogP contribution in [0.15, 0.2) is 41.6 Å². The standard InChI is InChI=1S/C24H26N4O6S/c1-15(2)13-32-24(31)28-9-7-18(8-10-28)34-21-12-20(25-14-26-21)33-17-5-3-16(4-6-17)11-19-22(29)27-23(30)35-19/h3-6,11-12,14-15,18H,7-10,13H2,1-2H3,(H,27,29,30). The van der Waals surface area contributed by atoms with Gasteiger partial charge >= 0.3 is 6.09 Å². The molecule has 2 aliphatic rings. The van der Waals surface area contributed by atoms with E-state index >= 15 is 0 Å². The van der Waals surface area contributed by atoms with Gasteiger partial charge in [-0.1, -0.05) is 26.0 Å². The number of rotatable bonds is 7. The predicted octanol–water partition coefficient (Wildman–Crippen LogP) is 4.23. The number of aromatic nitrogens is 2. The van der Waals surface area contributed by atoms with Crippen molar-refractivity contribution in [1.29, 1.82) is 0 Å². The van der Waals surface area contributed by atoms with Crippen LogP contribution >= 0.6 is 11.8 Å². The number of carbonyl (C=O) groups excluding carboxylic acids is 3. The summed E-state index contributed by atoms with van der Waals surface area (Å²) in [6, 6.07) is 8.64. The van der Waals surface area contributed by atoms with E-state index in [-0.39, 0.29) is 17.4 Å². The maximum atomic E-state index is 12.1. The summed E-state index contributed by atoms with van der Waals surface area (Å²) in [5, 5.41) is 1.85. The molecule has 0 radical (unpaired) electrons. The molecule has 3 amide bonds. The molecule has 2 fully saturated rings. The van der Waals surface area contributed by atoms with Crippen molar-refractivity contribution in [3.05, 3.63) is 47.1 Å². The number of thioether (sulfide) groups is 1. The predicted molar refractivity (Wildman–Crippen MR) is 129 cm³/mol. The highest BCUT2D eigenvalue weighted by atomic mass is 32.2. The first-order valence-electron chi connectivity index (χ1n) is 11.3. The van der Waals surface area contributed by atoms with Crippen LogP contribution < -0.4 is 14.8 Å². The van der Waals surface area contributed by atoms with Crippen LogP contribution in [-0.2, 0) is 9.53 Å². The second-order valence-corrected chi connectivity index (χ2v) is 9.51. The fourth-order valence-corrected chi connectivity index (χ4v) is 4.11. The summed E-state index contributed by atoms with van der Waals surface area (Å²) >= 11 is 0.869. The Morgan fingerprint density at radius 1 is 1.17 bits per heavy atom. The number of carbonyl (C=O) groups is 3. The Hall–Kier alpha value is -3.60. The molecule has 0 spiro atoms. The fourth-order valence-electron chi connectivity index (χ4n) is 3.42. The Labute approximate surface area is 207 Å². The number of ether oxygens (including phenoxy) is 3. The van der Waals surface area contributed by atoms with Crippen molar-refractivity contribution in [1.82, 2.24) is 20.2 Å². The van der Waals surface area contributed by atoms with E-state index < -0.39 is 5.91 Å². The number of hydrogen-bond acceptors (Lipinski definition) is 9. The lowest BCUT2D eigenvalue weighted by atomic mass is 10.1. The average Bonchev–Trinajstić information content (AvgIpc) is 3.15. The quantitative estimate of drug-likeness (QED) is 0.559. The van der Waals surface area contributed by atoms with Crippen molar-refractivity contribution in [2.45, 2.75) is 32.8 Å². The number of benzene rings is 1. The van der Waals surface area contributed by atoms with Gasteiger partial charge in [-0.3, -0.25) is 14.9 Å². The van der Waals surface area contributed by atoms with Crippen LogP contribution in [0.4, 0.5) is 9.59 Å². The van der Waals surface area contributed by atoms with Gasteiger partial charge in [-0.2, -0.15) is 0 Å². The molecule has 0 saturated carbocycles. The highest BCUT2D eigenvalue weighted by molar-refractivity contribution is 8.18. The fraction of sp³-hybridized carbons (Fsp3) is 0.375. The van der Waals surface area contributed by atoms with Crippen LogP contribution in [0.5, 0.6) is 17.5 Å². The van der Waals surface area contributed by atoms with Gasteiger partial charge in [-0.25, -0.2) is 14.8 Å². The van der Waals surface area contributed by atoms with E-state index in [1.54, 1.807) is 41.3 Å². The number of nitrogens with zero attached hydrogens (tertiary/aromatic N) is 3. The first kappa shape index (κ1) is 24.5. The second-order valence-electron chi connectivity index (χ2n) is 8.49. The molecule has 0 atom stereocenters. The van der Waals surface area contributed by atoms with Crippen molar-refractivity contribution in [2.75, 3.05) is 19.7 Å². The van der Waals surface area contributed by atoms with Gasteiger partial charge in [0.05, 0.1) is 17.6 Å². The summed E-state index contributed by atoms with van der Waals surface area (Å²) < 4.78 is 17.1. The molecule has 2 aromatic rings. The van der Waals surface area contributed by atoms with Crippen LogP contribution in [0.1, 0.15) is 32.3 Å². The summed E-state index contributed by atoms with van der Waals surface area (Å²) in [4.78, 5) is 45.4. The van der Waals surface area contributed by atoms with Gasteiger partial charge in [-0.15, -0.1) is 0 Å². The van der Waals surface area contributed by atoms with E-state index in [1.807, 2.05) is 13.8 Å². The molecular weight excluding hydrogens is 472 g/mol. The van der Waals surface area contributed by atoms with E-state index in [4.69, 9.17) is 14.2 Å². The van der Waals surface area contributed by atoms with E-state index in [0.29, 0.717) is 60.9 Å². The van der Waals surface area contributed by atoms with E-state index in [9.17, 15) is 14.4 Å². The molecule has 1 aromatic carbocycles. The van der Waals surface area contributed by atoms with Gasteiger partial charge in [-0.05, 0) is 41.5 Å². The number of imide groups is 1. The summed E-state index contributed by atoms with van der Waals surface area (Å²) in [5.41, 5.74) is 0.760. The molecule has 10 nitrogen and oxygen atoms in total. The number of piperidine rings is 1. The van der Waals surface area contributed by atoms with E-state index in [0.717, 1.165) is 17.3 Å². The first-order chi connectivity index (χ1) is 16.9. The van der Waals surface area contributed by atoms with Crippen molar-refractivity contribution in [2.24, 2.45) is 5.92 Å². The van der Waals surface area contributed by atoms with Crippen molar-refractivity contribution < 1.29 is 28.6 Å². The molecule has 2 saturated heterocycles. The number of nitrogens with one attached hydrogen (secondary N) is 1. The molecule has 35 heavy (non-hydrogen) atoms. The lowest BCUT2D eigenvalue weighted by Gasteiger charge is -2.31. The topological polar surface area (TPSA) is 120 Å². The molecule has 0 bridgehead atoms. The Bertz CT molecular complexity index is 1110. The average molecular weight is 499 g/mol. The molecular formula is C24H26N4O6S. The Morgan fingerprint density at radius 2 is 1.89 bits per heavy atom. The van der Waals surface area contributed by atoms with Gasteiger partial charge in [0.25, 0.3) is 11.1 Å². The maximum absolute atomic E-state index is 12.1. The van der Waals surface area contributed by atoms with Gasteiger partial charge < -0.3 is 19.1 Å². The van der Waals surface area contributed by atoms with Crippen molar-refractivity contribution >= 4 is 35.1 Å². The monoisotopic (exact) mass is 498 g/mol. The highest BCUT2D eigenvalue weighted by Gasteiger charge is 2.26. The van der Waals surface area contributed by atoms with Crippen LogP contribution in [0.25, 0.3) is 6.08 Å². The molecule has 0 unspecified atom stereocenters. The van der Waals surface area contributed by atoms with Crippen LogP contribution in [0, 0.1) is 5.92 Å². The highest BCUT2D eigenvalue weighted by Crippen LogP contribution is 2.27. The Morgan fingerprint density at radius 3 is 2.54 bits per heavy atom. The zero-order valence-electron chi connectivity index (χ0n) is 19.4. The minimum atomic E-state index is -0.398. The third-order valence-corrected chi connectivity index (χ3v) is 6.00. The Kier molecular flexibility index (Phi) is 7.86.